The average Bonchev–Trinajstić information content (AvgIpc) is 2.81. The zero-order valence-corrected chi connectivity index (χ0v) is 20.0. The monoisotopic (exact) mass is 453 g/mol. The number of hydrogen-bond donors (Lipinski definition) is 1. The van der Waals surface area contributed by atoms with E-state index in [1.54, 1.807) is 0 Å². The molecule has 0 aromatic heterocycles. The lowest BCUT2D eigenvalue weighted by Crippen LogP contribution is -2.42. The van der Waals surface area contributed by atoms with E-state index in [-0.39, 0.29) is 11.8 Å². The van der Waals surface area contributed by atoms with Crippen LogP contribution < -0.4 is 5.32 Å². The third-order valence-electron chi connectivity index (χ3n) is 7.00. The number of hydrogen-bond acceptors (Lipinski definition) is 3. The van der Waals surface area contributed by atoms with Gasteiger partial charge in [-0.1, -0.05) is 61.0 Å². The van der Waals surface area contributed by atoms with E-state index < -0.39 is 0 Å². The molecule has 0 aliphatic carbocycles. The summed E-state index contributed by atoms with van der Waals surface area (Å²) in [7, 11) is 0. The molecule has 0 radical (unpaired) electrons. The number of amides is 1. The molecule has 1 unspecified atom stereocenters. The first-order chi connectivity index (χ1) is 15.6. The van der Waals surface area contributed by atoms with E-state index in [1.165, 1.54) is 31.5 Å². The summed E-state index contributed by atoms with van der Waals surface area (Å²) in [5, 5.41) is 3.97. The Morgan fingerprint density at radius 2 is 1.66 bits per heavy atom. The summed E-state index contributed by atoms with van der Waals surface area (Å²) in [5.74, 6) is 1.08. The van der Waals surface area contributed by atoms with E-state index in [0.717, 1.165) is 61.1 Å². The molecule has 0 bridgehead atoms. The van der Waals surface area contributed by atoms with E-state index in [1.807, 2.05) is 18.2 Å². The van der Waals surface area contributed by atoms with Crippen LogP contribution in [0.1, 0.15) is 49.3 Å². The Morgan fingerprint density at radius 3 is 2.41 bits per heavy atom. The Morgan fingerprint density at radius 1 is 0.938 bits per heavy atom. The van der Waals surface area contributed by atoms with Gasteiger partial charge >= 0.3 is 0 Å². The molecule has 2 heterocycles. The highest BCUT2D eigenvalue weighted by Gasteiger charge is 2.26. The van der Waals surface area contributed by atoms with Gasteiger partial charge in [0.2, 0.25) is 5.91 Å². The summed E-state index contributed by atoms with van der Waals surface area (Å²) in [5.41, 5.74) is 3.66. The Balaban J connectivity index is 1.23. The fourth-order valence-electron chi connectivity index (χ4n) is 4.86. The highest BCUT2D eigenvalue weighted by molar-refractivity contribution is 6.31. The molecule has 5 heteroatoms. The summed E-state index contributed by atoms with van der Waals surface area (Å²) in [6.07, 6.45) is 4.62. The molecule has 1 amide bonds. The lowest BCUT2D eigenvalue weighted by atomic mass is 9.96. The van der Waals surface area contributed by atoms with Gasteiger partial charge in [-0.05, 0) is 74.0 Å². The van der Waals surface area contributed by atoms with E-state index >= 15 is 0 Å². The van der Waals surface area contributed by atoms with Crippen LogP contribution in [0.25, 0.3) is 0 Å². The first-order valence-corrected chi connectivity index (χ1v) is 12.5. The highest BCUT2D eigenvalue weighted by atomic mass is 35.5. The van der Waals surface area contributed by atoms with Crippen LogP contribution >= 0.6 is 11.6 Å². The van der Waals surface area contributed by atoms with Gasteiger partial charge in [-0.2, -0.15) is 0 Å². The van der Waals surface area contributed by atoms with Crippen molar-refractivity contribution in [3.05, 3.63) is 70.2 Å². The second kappa shape index (κ2) is 11.3. The predicted molar refractivity (Wildman–Crippen MR) is 131 cm³/mol. The number of nitrogens with one attached hydrogen (secondary N) is 1. The van der Waals surface area contributed by atoms with Gasteiger partial charge in [0, 0.05) is 31.2 Å². The number of carbonyl (C=O) groups is 1. The quantitative estimate of drug-likeness (QED) is 0.633. The Labute approximate surface area is 197 Å². The fourth-order valence-corrected chi connectivity index (χ4v) is 5.05. The average molecular weight is 454 g/mol. The zero-order valence-electron chi connectivity index (χ0n) is 19.2. The molecule has 1 atom stereocenters. The van der Waals surface area contributed by atoms with Crippen LogP contribution in [0, 0.1) is 11.8 Å². The molecule has 0 saturated carbocycles. The van der Waals surface area contributed by atoms with Crippen molar-refractivity contribution < 1.29 is 4.79 Å². The molecule has 4 nitrogen and oxygen atoms in total. The molecule has 2 aromatic rings. The van der Waals surface area contributed by atoms with Crippen molar-refractivity contribution in [1.29, 1.82) is 0 Å². The maximum Gasteiger partial charge on any atom is 0.224 e. The Kier molecular flexibility index (Phi) is 8.23. The summed E-state index contributed by atoms with van der Waals surface area (Å²) in [4.78, 5) is 17.7. The van der Waals surface area contributed by atoms with Crippen molar-refractivity contribution in [3.8, 4) is 0 Å². The first kappa shape index (κ1) is 23.3. The third kappa shape index (κ3) is 6.57. The molecule has 2 aromatic carbocycles. The number of benzene rings is 2. The Hall–Kier alpha value is -1.88. The largest absolute Gasteiger partial charge is 0.352 e. The summed E-state index contributed by atoms with van der Waals surface area (Å²) in [6.45, 7) is 9.01. The van der Waals surface area contributed by atoms with Crippen molar-refractivity contribution in [3.63, 3.8) is 0 Å². The maximum atomic E-state index is 12.8. The van der Waals surface area contributed by atoms with Crippen molar-refractivity contribution >= 4 is 17.5 Å². The van der Waals surface area contributed by atoms with Crippen LogP contribution in [-0.2, 0) is 24.4 Å². The van der Waals surface area contributed by atoms with Gasteiger partial charge in [0.05, 0.1) is 5.92 Å². The minimum absolute atomic E-state index is 0.0482. The first-order valence-electron chi connectivity index (χ1n) is 12.1. The minimum Gasteiger partial charge on any atom is -0.352 e. The van der Waals surface area contributed by atoms with Crippen LogP contribution in [0.2, 0.25) is 5.02 Å². The number of rotatable bonds is 7. The molecule has 172 valence electrons. The van der Waals surface area contributed by atoms with E-state index in [2.05, 4.69) is 52.4 Å². The van der Waals surface area contributed by atoms with Crippen LogP contribution in [-0.4, -0.2) is 41.9 Å². The standard InChI is InChI=1S/C27H36ClN3O/c1-21-12-15-30(16-13-21)18-23-10-8-22(9-11-23)17-29-27(32)25-6-4-14-31(20-25)19-24-5-2-3-7-26(24)28/h2-3,5,7-11,21,25H,4,6,12-20H2,1H3,(H,29,32). The number of piperidine rings is 2. The van der Waals surface area contributed by atoms with Gasteiger partial charge in [0.25, 0.3) is 0 Å². The second-order valence-electron chi connectivity index (χ2n) is 9.66. The molecule has 0 spiro atoms. The van der Waals surface area contributed by atoms with Crippen molar-refractivity contribution in [2.24, 2.45) is 11.8 Å². The number of likely N-dealkylation sites (tertiary alicyclic amines) is 2. The smallest absolute Gasteiger partial charge is 0.224 e. The van der Waals surface area contributed by atoms with Gasteiger partial charge < -0.3 is 5.32 Å². The number of carbonyl (C=O) groups excluding carboxylic acids is 1. The van der Waals surface area contributed by atoms with E-state index in [9.17, 15) is 4.79 Å². The SMILES string of the molecule is CC1CCN(Cc2ccc(CNC(=O)C3CCCN(Cc4ccccc4Cl)C3)cc2)CC1. The summed E-state index contributed by atoms with van der Waals surface area (Å²) < 4.78 is 0. The van der Waals surface area contributed by atoms with Crippen LogP contribution in [0.3, 0.4) is 0 Å². The highest BCUT2D eigenvalue weighted by Crippen LogP contribution is 2.23. The van der Waals surface area contributed by atoms with Crippen molar-refractivity contribution in [1.82, 2.24) is 15.1 Å². The van der Waals surface area contributed by atoms with Crippen molar-refractivity contribution in [2.75, 3.05) is 26.2 Å². The van der Waals surface area contributed by atoms with Gasteiger partial charge in [-0.3, -0.25) is 14.6 Å². The lowest BCUT2D eigenvalue weighted by Gasteiger charge is -2.32. The molecule has 2 aliphatic rings. The van der Waals surface area contributed by atoms with Gasteiger partial charge in [-0.25, -0.2) is 0 Å². The molecular formula is C27H36ClN3O. The van der Waals surface area contributed by atoms with E-state index in [0.29, 0.717) is 6.54 Å². The molecule has 4 rings (SSSR count). The molecule has 2 aliphatic heterocycles. The molecule has 1 N–H and O–H groups in total. The number of nitrogens with zero attached hydrogens (tertiary/aromatic N) is 2. The summed E-state index contributed by atoms with van der Waals surface area (Å²) in [6, 6.07) is 16.7. The normalized spacial score (nSPS) is 20.9. The van der Waals surface area contributed by atoms with Crippen LogP contribution in [0.4, 0.5) is 0 Å². The lowest BCUT2D eigenvalue weighted by molar-refractivity contribution is -0.126. The molecule has 2 fully saturated rings. The van der Waals surface area contributed by atoms with E-state index in [4.69, 9.17) is 11.6 Å². The van der Waals surface area contributed by atoms with Gasteiger partial charge in [-0.15, -0.1) is 0 Å². The van der Waals surface area contributed by atoms with Gasteiger partial charge in [0.1, 0.15) is 0 Å². The predicted octanol–water partition coefficient (Wildman–Crippen LogP) is 5.10. The Bertz CT molecular complexity index is 877. The van der Waals surface area contributed by atoms with Crippen LogP contribution in [0.15, 0.2) is 48.5 Å². The summed E-state index contributed by atoms with van der Waals surface area (Å²) >= 11 is 6.32. The number of halogens is 1. The zero-order chi connectivity index (χ0) is 22.3. The fraction of sp³-hybridized carbons (Fsp3) is 0.519. The molecule has 2 saturated heterocycles. The minimum atomic E-state index is 0.0482. The second-order valence-corrected chi connectivity index (χ2v) is 10.1. The third-order valence-corrected chi connectivity index (χ3v) is 7.37. The van der Waals surface area contributed by atoms with Crippen molar-refractivity contribution in [2.45, 2.75) is 52.2 Å². The van der Waals surface area contributed by atoms with Crippen LogP contribution in [0.5, 0.6) is 0 Å². The topological polar surface area (TPSA) is 35.6 Å². The van der Waals surface area contributed by atoms with Gasteiger partial charge in [0.15, 0.2) is 0 Å². The maximum absolute atomic E-state index is 12.8. The molecular weight excluding hydrogens is 418 g/mol. The molecule has 32 heavy (non-hydrogen) atoms.